The van der Waals surface area contributed by atoms with E-state index in [4.69, 9.17) is 28.6 Å². The molecule has 0 radical (unpaired) electrons. The van der Waals surface area contributed by atoms with Crippen LogP contribution in [-0.4, -0.2) is 54.2 Å². The van der Waals surface area contributed by atoms with E-state index in [1.165, 1.54) is 24.5 Å². The van der Waals surface area contributed by atoms with Gasteiger partial charge in [0.05, 0.1) is 17.7 Å². The first-order chi connectivity index (χ1) is 13.9. The van der Waals surface area contributed by atoms with Gasteiger partial charge in [-0.25, -0.2) is 9.18 Å². The van der Waals surface area contributed by atoms with Crippen molar-refractivity contribution in [2.45, 2.75) is 19.9 Å². The first kappa shape index (κ1) is 22.0. The Hall–Kier alpha value is -1.74. The highest BCUT2D eigenvalue weighted by atomic mass is 35.5. The topological polar surface area (TPSA) is 44.8 Å². The van der Waals surface area contributed by atoms with Crippen molar-refractivity contribution in [3.63, 3.8) is 0 Å². The molecule has 0 unspecified atom stereocenters. The summed E-state index contributed by atoms with van der Waals surface area (Å²) in [5.41, 5.74) is 1.50. The highest BCUT2D eigenvalue weighted by molar-refractivity contribution is 7.80. The number of nitrogens with one attached hydrogen (secondary N) is 1. The van der Waals surface area contributed by atoms with Crippen LogP contribution in [0.1, 0.15) is 27.7 Å². The number of ether oxygens (including phenoxy) is 1. The zero-order valence-corrected chi connectivity index (χ0v) is 18.7. The van der Waals surface area contributed by atoms with E-state index < -0.39 is 5.82 Å². The number of esters is 1. The van der Waals surface area contributed by atoms with Gasteiger partial charge in [-0.1, -0.05) is 24.6 Å². The lowest BCUT2D eigenvalue weighted by molar-refractivity contribution is 0.0602. The van der Waals surface area contributed by atoms with Gasteiger partial charge in [0.15, 0.2) is 5.11 Å². The first-order valence-electron chi connectivity index (χ1n) is 9.34. The molecule has 1 fully saturated rings. The Bertz CT molecular complexity index is 898. The summed E-state index contributed by atoms with van der Waals surface area (Å²) in [6.45, 7) is 5.94. The van der Waals surface area contributed by atoms with Crippen LogP contribution in [0.3, 0.4) is 0 Å². The van der Waals surface area contributed by atoms with Gasteiger partial charge in [0, 0.05) is 37.6 Å². The smallest absolute Gasteiger partial charge is 0.340 e. The highest BCUT2D eigenvalue weighted by Gasteiger charge is 2.22. The summed E-state index contributed by atoms with van der Waals surface area (Å²) in [5.74, 6) is -0.767. The molecule has 1 saturated heterocycles. The van der Waals surface area contributed by atoms with E-state index in [2.05, 4.69) is 15.1 Å². The van der Waals surface area contributed by atoms with Crippen molar-refractivity contribution < 1.29 is 13.9 Å². The van der Waals surface area contributed by atoms with Crippen LogP contribution in [0, 0.1) is 5.82 Å². The third-order valence-corrected chi connectivity index (χ3v) is 6.65. The van der Waals surface area contributed by atoms with Crippen LogP contribution in [0.4, 0.5) is 9.39 Å². The predicted molar refractivity (Wildman–Crippen MR) is 120 cm³/mol. The second-order valence-electron chi connectivity index (χ2n) is 6.74. The molecule has 0 amide bonds. The average Bonchev–Trinajstić information content (AvgIpc) is 3.13. The van der Waals surface area contributed by atoms with Crippen molar-refractivity contribution in [3.8, 4) is 0 Å². The Morgan fingerprint density at radius 1 is 1.31 bits per heavy atom. The fraction of sp³-hybridized carbons (Fsp3) is 0.400. The second-order valence-corrected chi connectivity index (χ2v) is 8.67. The Morgan fingerprint density at radius 3 is 2.66 bits per heavy atom. The lowest BCUT2D eigenvalue weighted by Crippen LogP contribution is -2.49. The van der Waals surface area contributed by atoms with Gasteiger partial charge < -0.3 is 15.0 Å². The molecular formula is C20H23ClFN3O2S2. The molecule has 1 aliphatic heterocycles. The van der Waals surface area contributed by atoms with Crippen molar-refractivity contribution >= 4 is 51.2 Å². The number of benzene rings is 1. The highest BCUT2D eigenvalue weighted by Crippen LogP contribution is 2.29. The molecule has 0 spiro atoms. The van der Waals surface area contributed by atoms with Crippen molar-refractivity contribution in [1.29, 1.82) is 0 Å². The molecule has 1 aromatic carbocycles. The quantitative estimate of drug-likeness (QED) is 0.532. The molecular weight excluding hydrogens is 433 g/mol. The summed E-state index contributed by atoms with van der Waals surface area (Å²) in [7, 11) is 1.38. The summed E-state index contributed by atoms with van der Waals surface area (Å²) in [5, 5.41) is 4.70. The van der Waals surface area contributed by atoms with Gasteiger partial charge >= 0.3 is 5.97 Å². The van der Waals surface area contributed by atoms with E-state index in [0.29, 0.717) is 17.2 Å². The van der Waals surface area contributed by atoms with Gasteiger partial charge in [-0.3, -0.25) is 4.90 Å². The fourth-order valence-electron chi connectivity index (χ4n) is 3.15. The Labute approximate surface area is 184 Å². The maximum Gasteiger partial charge on any atom is 0.340 e. The van der Waals surface area contributed by atoms with Gasteiger partial charge in [0.25, 0.3) is 0 Å². The summed E-state index contributed by atoms with van der Waals surface area (Å²) in [6, 6.07) is 6.69. The molecule has 2 heterocycles. The number of thiocarbonyl (C=S) groups is 1. The van der Waals surface area contributed by atoms with Gasteiger partial charge in [-0.2, -0.15) is 0 Å². The molecule has 9 heteroatoms. The normalized spacial score (nSPS) is 14.7. The van der Waals surface area contributed by atoms with Crippen LogP contribution in [0.25, 0.3) is 0 Å². The number of thiophene rings is 1. The SMILES string of the molecule is CCc1cc(C(=O)OC)c(NC(=S)N2CCN(Cc3ccc(F)c(Cl)c3)CC2)s1. The lowest BCUT2D eigenvalue weighted by Gasteiger charge is -2.36. The van der Waals surface area contributed by atoms with E-state index in [1.807, 2.05) is 13.0 Å². The van der Waals surface area contributed by atoms with E-state index in [0.717, 1.165) is 48.0 Å². The van der Waals surface area contributed by atoms with Crippen LogP contribution >= 0.6 is 35.2 Å². The third-order valence-electron chi connectivity index (χ3n) is 4.81. The third kappa shape index (κ3) is 5.45. The number of rotatable bonds is 5. The molecule has 5 nitrogen and oxygen atoms in total. The number of piperazine rings is 1. The zero-order chi connectivity index (χ0) is 21.0. The van der Waals surface area contributed by atoms with Gasteiger partial charge in [-0.05, 0) is 42.4 Å². The molecule has 0 atom stereocenters. The number of anilines is 1. The summed E-state index contributed by atoms with van der Waals surface area (Å²) in [6.07, 6.45) is 0.842. The van der Waals surface area contributed by atoms with E-state index in [-0.39, 0.29) is 11.0 Å². The molecule has 0 saturated carbocycles. The van der Waals surface area contributed by atoms with Crippen LogP contribution in [0.15, 0.2) is 24.3 Å². The first-order valence-corrected chi connectivity index (χ1v) is 10.9. The minimum Gasteiger partial charge on any atom is -0.465 e. The maximum atomic E-state index is 13.3. The van der Waals surface area contributed by atoms with Crippen LogP contribution < -0.4 is 5.32 Å². The van der Waals surface area contributed by atoms with Crippen molar-refractivity contribution in [1.82, 2.24) is 9.80 Å². The summed E-state index contributed by atoms with van der Waals surface area (Å²) in [4.78, 5) is 17.5. The van der Waals surface area contributed by atoms with E-state index in [9.17, 15) is 9.18 Å². The monoisotopic (exact) mass is 455 g/mol. The molecule has 29 heavy (non-hydrogen) atoms. The molecule has 156 valence electrons. The van der Waals surface area contributed by atoms with Crippen LogP contribution in [0.5, 0.6) is 0 Å². The Balaban J connectivity index is 1.57. The van der Waals surface area contributed by atoms with Crippen LogP contribution in [0.2, 0.25) is 5.02 Å². The number of methoxy groups -OCH3 is 1. The maximum absolute atomic E-state index is 13.3. The fourth-order valence-corrected chi connectivity index (χ4v) is 4.69. The average molecular weight is 456 g/mol. The van der Waals surface area contributed by atoms with E-state index in [1.54, 1.807) is 12.1 Å². The number of nitrogens with zero attached hydrogens (tertiary/aromatic N) is 2. The van der Waals surface area contributed by atoms with Gasteiger partial charge in [0.2, 0.25) is 0 Å². The van der Waals surface area contributed by atoms with Gasteiger partial charge in [-0.15, -0.1) is 11.3 Å². The molecule has 0 aliphatic carbocycles. The summed E-state index contributed by atoms with van der Waals surface area (Å²) < 4.78 is 18.2. The van der Waals surface area contributed by atoms with Gasteiger partial charge in [0.1, 0.15) is 10.8 Å². The molecule has 1 aromatic heterocycles. The lowest BCUT2D eigenvalue weighted by atomic mass is 10.2. The molecule has 1 aliphatic rings. The number of aryl methyl sites for hydroxylation is 1. The van der Waals surface area contributed by atoms with Crippen molar-refractivity contribution in [3.05, 3.63) is 51.1 Å². The number of hydrogen-bond donors (Lipinski definition) is 1. The minimum atomic E-state index is -0.400. The molecule has 2 aromatic rings. The zero-order valence-electron chi connectivity index (χ0n) is 16.3. The minimum absolute atomic E-state index is 0.148. The molecule has 0 bridgehead atoms. The number of carbonyl (C=O) groups is 1. The van der Waals surface area contributed by atoms with Crippen LogP contribution in [-0.2, 0) is 17.7 Å². The number of carbonyl (C=O) groups excluding carboxylic acids is 1. The number of halogens is 2. The summed E-state index contributed by atoms with van der Waals surface area (Å²) >= 11 is 13.0. The van der Waals surface area contributed by atoms with Crippen molar-refractivity contribution in [2.24, 2.45) is 0 Å². The van der Waals surface area contributed by atoms with E-state index >= 15 is 0 Å². The largest absolute Gasteiger partial charge is 0.465 e. The number of hydrogen-bond acceptors (Lipinski definition) is 5. The standard InChI is InChI=1S/C20H23ClFN3O2S2/c1-3-14-11-15(19(26)27-2)18(29-14)23-20(28)25-8-6-24(7-9-25)12-13-4-5-17(22)16(21)10-13/h4-5,10-11H,3,6-9,12H2,1-2H3,(H,23,28). The molecule has 3 rings (SSSR count). The molecule has 1 N–H and O–H groups in total. The Kier molecular flexibility index (Phi) is 7.45. The predicted octanol–water partition coefficient (Wildman–Crippen LogP) is 4.40. The Morgan fingerprint density at radius 2 is 2.03 bits per heavy atom. The van der Waals surface area contributed by atoms with Crippen molar-refractivity contribution in [2.75, 3.05) is 38.6 Å². The second kappa shape index (κ2) is 9.84.